The van der Waals surface area contributed by atoms with Crippen molar-refractivity contribution >= 4 is 17.5 Å². The van der Waals surface area contributed by atoms with E-state index in [1.54, 1.807) is 68.6 Å². The van der Waals surface area contributed by atoms with E-state index in [0.717, 1.165) is 5.69 Å². The van der Waals surface area contributed by atoms with Crippen LogP contribution in [0.25, 0.3) is 11.3 Å². The minimum atomic E-state index is -1.03. The van der Waals surface area contributed by atoms with E-state index in [4.69, 9.17) is 4.74 Å². The maximum atomic E-state index is 13.8. The first-order valence-electron chi connectivity index (χ1n) is 10.7. The molecule has 7 heteroatoms. The zero-order valence-corrected chi connectivity index (χ0v) is 19.0. The van der Waals surface area contributed by atoms with Crippen LogP contribution in [0.5, 0.6) is 11.5 Å². The van der Waals surface area contributed by atoms with E-state index >= 15 is 0 Å². The van der Waals surface area contributed by atoms with Gasteiger partial charge in [-0.2, -0.15) is 0 Å². The van der Waals surface area contributed by atoms with Crippen molar-refractivity contribution in [2.24, 2.45) is 0 Å². The van der Waals surface area contributed by atoms with Gasteiger partial charge in [-0.05, 0) is 68.8 Å². The molecule has 2 N–H and O–H groups in total. The van der Waals surface area contributed by atoms with Gasteiger partial charge in [0.2, 0.25) is 0 Å². The highest BCUT2D eigenvalue weighted by atomic mass is 19.1. The van der Waals surface area contributed by atoms with Crippen LogP contribution in [-0.4, -0.2) is 21.0 Å². The summed E-state index contributed by atoms with van der Waals surface area (Å²) in [4.78, 5) is 20.5. The number of pyridine rings is 2. The lowest BCUT2D eigenvalue weighted by atomic mass is 9.84. The number of hydrogen-bond donors (Lipinski definition) is 2. The number of nitrogens with zero attached hydrogens (tertiary/aromatic N) is 2. The van der Waals surface area contributed by atoms with Gasteiger partial charge in [0.05, 0.1) is 5.41 Å². The van der Waals surface area contributed by atoms with Crippen LogP contribution in [0.2, 0.25) is 0 Å². The molecule has 0 bridgehead atoms. The number of halogens is 1. The number of carbonyl (C=O) groups is 1. The predicted molar refractivity (Wildman–Crippen MR) is 129 cm³/mol. The van der Waals surface area contributed by atoms with Crippen LogP contribution in [0.3, 0.4) is 0 Å². The number of hydrogen-bond acceptors (Lipinski definition) is 5. The Morgan fingerprint density at radius 2 is 1.82 bits per heavy atom. The quantitative estimate of drug-likeness (QED) is 0.330. The second-order valence-corrected chi connectivity index (χ2v) is 8.42. The van der Waals surface area contributed by atoms with Crippen molar-refractivity contribution < 1.29 is 19.0 Å². The predicted octanol–water partition coefficient (Wildman–Crippen LogP) is 6.49. The van der Waals surface area contributed by atoms with E-state index in [1.165, 1.54) is 12.1 Å². The van der Waals surface area contributed by atoms with Crippen molar-refractivity contribution in [3.63, 3.8) is 0 Å². The zero-order chi connectivity index (χ0) is 24.3. The standard InChI is InChI=1S/C27H24FN3O3/c1-17-10-11-23(25(30-17)18-6-4-8-20(28)14-18)34-22-12-13-29-24(16-22)31-21-9-5-7-19(15-21)27(2,3)26(32)33/h4-16H,1-3H3,(H,29,31)(H,32,33). The Bertz CT molecular complexity index is 1350. The molecule has 2 aromatic heterocycles. The van der Waals surface area contributed by atoms with Gasteiger partial charge in [0.1, 0.15) is 23.1 Å². The Balaban J connectivity index is 1.60. The zero-order valence-electron chi connectivity index (χ0n) is 19.0. The van der Waals surface area contributed by atoms with Crippen LogP contribution in [-0.2, 0) is 10.2 Å². The van der Waals surface area contributed by atoms with Crippen molar-refractivity contribution in [2.75, 3.05) is 5.32 Å². The molecule has 0 aliphatic carbocycles. The van der Waals surface area contributed by atoms with Crippen LogP contribution in [0.15, 0.2) is 79.0 Å². The average molecular weight is 458 g/mol. The van der Waals surface area contributed by atoms with Gasteiger partial charge in [-0.25, -0.2) is 14.4 Å². The van der Waals surface area contributed by atoms with E-state index in [1.807, 2.05) is 19.1 Å². The lowest BCUT2D eigenvalue weighted by molar-refractivity contribution is -0.142. The summed E-state index contributed by atoms with van der Waals surface area (Å²) < 4.78 is 19.9. The Hall–Kier alpha value is -4.26. The SMILES string of the molecule is Cc1ccc(Oc2ccnc(Nc3cccc(C(C)(C)C(=O)O)c3)c2)c(-c2cccc(F)c2)n1. The second kappa shape index (κ2) is 9.31. The minimum absolute atomic E-state index is 0.351. The Labute approximate surface area is 197 Å². The number of anilines is 2. The summed E-state index contributed by atoms with van der Waals surface area (Å²) in [5, 5.41) is 12.7. The number of aryl methyl sites for hydroxylation is 1. The molecule has 6 nitrogen and oxygen atoms in total. The fourth-order valence-electron chi connectivity index (χ4n) is 3.40. The molecule has 0 spiro atoms. The summed E-state index contributed by atoms with van der Waals surface area (Å²) >= 11 is 0. The third kappa shape index (κ3) is 5.04. The normalized spacial score (nSPS) is 11.2. The number of carboxylic acids is 1. The number of aromatic nitrogens is 2. The van der Waals surface area contributed by atoms with Gasteiger partial charge in [0.25, 0.3) is 0 Å². The smallest absolute Gasteiger partial charge is 0.313 e. The fraction of sp³-hybridized carbons (Fsp3) is 0.148. The summed E-state index contributed by atoms with van der Waals surface area (Å²) in [5.41, 5.74) is 2.28. The minimum Gasteiger partial charge on any atom is -0.481 e. The first-order valence-corrected chi connectivity index (χ1v) is 10.7. The summed E-state index contributed by atoms with van der Waals surface area (Å²) in [6.45, 7) is 5.18. The molecule has 2 heterocycles. The van der Waals surface area contributed by atoms with Gasteiger partial charge in [-0.15, -0.1) is 0 Å². The topological polar surface area (TPSA) is 84.3 Å². The van der Waals surface area contributed by atoms with Crippen molar-refractivity contribution in [3.05, 3.63) is 96.1 Å². The highest BCUT2D eigenvalue weighted by Crippen LogP contribution is 2.33. The first kappa shape index (κ1) is 22.9. The van der Waals surface area contributed by atoms with Crippen molar-refractivity contribution in [2.45, 2.75) is 26.2 Å². The molecule has 172 valence electrons. The molecule has 0 saturated carbocycles. The third-order valence-corrected chi connectivity index (χ3v) is 5.45. The molecule has 2 aromatic carbocycles. The van der Waals surface area contributed by atoms with Crippen LogP contribution >= 0.6 is 0 Å². The Morgan fingerprint density at radius 3 is 2.59 bits per heavy atom. The maximum Gasteiger partial charge on any atom is 0.313 e. The molecule has 0 aliphatic rings. The highest BCUT2D eigenvalue weighted by Gasteiger charge is 2.29. The molecule has 0 atom stereocenters. The Morgan fingerprint density at radius 1 is 1.03 bits per heavy atom. The van der Waals surface area contributed by atoms with Gasteiger partial charge >= 0.3 is 5.97 Å². The molecular weight excluding hydrogens is 433 g/mol. The van der Waals surface area contributed by atoms with E-state index in [2.05, 4.69) is 15.3 Å². The fourth-order valence-corrected chi connectivity index (χ4v) is 3.40. The van der Waals surface area contributed by atoms with E-state index < -0.39 is 11.4 Å². The summed E-state index contributed by atoms with van der Waals surface area (Å²) in [6, 6.07) is 20.5. The van der Waals surface area contributed by atoms with Crippen molar-refractivity contribution in [3.8, 4) is 22.8 Å². The molecule has 0 unspecified atom stereocenters. The summed E-state index contributed by atoms with van der Waals surface area (Å²) in [7, 11) is 0. The molecule has 0 radical (unpaired) electrons. The molecule has 0 aliphatic heterocycles. The number of aliphatic carboxylic acids is 1. The molecular formula is C27H24FN3O3. The number of nitrogens with one attached hydrogen (secondary N) is 1. The van der Waals surface area contributed by atoms with E-state index in [-0.39, 0.29) is 5.82 Å². The number of rotatable bonds is 7. The van der Waals surface area contributed by atoms with Crippen LogP contribution in [0.1, 0.15) is 25.1 Å². The molecule has 4 rings (SSSR count). The highest BCUT2D eigenvalue weighted by molar-refractivity contribution is 5.81. The molecule has 0 fully saturated rings. The summed E-state index contributed by atoms with van der Waals surface area (Å²) in [5.74, 6) is 0.269. The lowest BCUT2D eigenvalue weighted by Gasteiger charge is -2.20. The van der Waals surface area contributed by atoms with Gasteiger partial charge in [0, 0.05) is 29.2 Å². The van der Waals surface area contributed by atoms with Gasteiger partial charge in [-0.1, -0.05) is 24.3 Å². The maximum absolute atomic E-state index is 13.8. The van der Waals surface area contributed by atoms with Gasteiger partial charge < -0.3 is 15.2 Å². The van der Waals surface area contributed by atoms with Crippen LogP contribution < -0.4 is 10.1 Å². The van der Waals surface area contributed by atoms with Crippen molar-refractivity contribution in [1.29, 1.82) is 0 Å². The Kier molecular flexibility index (Phi) is 6.27. The molecule has 4 aromatic rings. The number of ether oxygens (including phenoxy) is 1. The number of carboxylic acid groups (broad SMARTS) is 1. The summed E-state index contributed by atoms with van der Waals surface area (Å²) in [6.07, 6.45) is 1.60. The largest absolute Gasteiger partial charge is 0.481 e. The van der Waals surface area contributed by atoms with E-state index in [9.17, 15) is 14.3 Å². The van der Waals surface area contributed by atoms with E-state index in [0.29, 0.717) is 39.8 Å². The lowest BCUT2D eigenvalue weighted by Crippen LogP contribution is -2.28. The average Bonchev–Trinajstić information content (AvgIpc) is 2.80. The van der Waals surface area contributed by atoms with Crippen LogP contribution in [0.4, 0.5) is 15.9 Å². The van der Waals surface area contributed by atoms with Crippen LogP contribution in [0, 0.1) is 12.7 Å². The van der Waals surface area contributed by atoms with Gasteiger partial charge in [0.15, 0.2) is 5.75 Å². The molecule has 0 amide bonds. The second-order valence-electron chi connectivity index (χ2n) is 8.42. The van der Waals surface area contributed by atoms with Gasteiger partial charge in [-0.3, -0.25) is 4.79 Å². The van der Waals surface area contributed by atoms with Crippen molar-refractivity contribution in [1.82, 2.24) is 9.97 Å². The monoisotopic (exact) mass is 457 g/mol. The molecule has 34 heavy (non-hydrogen) atoms. The number of benzene rings is 2. The first-order chi connectivity index (χ1) is 16.2. The molecule has 0 saturated heterocycles. The third-order valence-electron chi connectivity index (χ3n) is 5.45.